The summed E-state index contributed by atoms with van der Waals surface area (Å²) in [6.07, 6.45) is 3.10. The number of anilines is 1. The van der Waals surface area contributed by atoms with E-state index < -0.39 is 23.2 Å². The molecule has 2 N–H and O–H groups in total. The highest BCUT2D eigenvalue weighted by Crippen LogP contribution is 2.61. The predicted molar refractivity (Wildman–Crippen MR) is 127 cm³/mol. The molecule has 6 nitrogen and oxygen atoms in total. The Morgan fingerprint density at radius 3 is 2.40 bits per heavy atom. The fourth-order valence-electron chi connectivity index (χ4n) is 5.50. The molecule has 3 aromatic carbocycles. The highest BCUT2D eigenvalue weighted by Gasteiger charge is 2.61. The third-order valence-electron chi connectivity index (χ3n) is 7.40. The second-order valence-corrected chi connectivity index (χ2v) is 9.37. The molecule has 0 bridgehead atoms. The molecule has 1 aliphatic heterocycles. The number of carbonyl (C=O) groups is 2. The van der Waals surface area contributed by atoms with Crippen molar-refractivity contribution in [3.8, 4) is 5.69 Å². The number of rotatable bonds is 5. The van der Waals surface area contributed by atoms with Crippen LogP contribution in [0.2, 0.25) is 0 Å². The van der Waals surface area contributed by atoms with Gasteiger partial charge in [-0.25, -0.2) is 13.5 Å². The molecular formula is C27H22F2N4O2. The highest BCUT2D eigenvalue weighted by molar-refractivity contribution is 6.00. The van der Waals surface area contributed by atoms with Gasteiger partial charge in [-0.15, -0.1) is 0 Å². The monoisotopic (exact) mass is 472 g/mol. The van der Waals surface area contributed by atoms with Crippen LogP contribution in [0, 0.1) is 23.0 Å². The zero-order valence-electron chi connectivity index (χ0n) is 18.7. The fourth-order valence-corrected chi connectivity index (χ4v) is 5.50. The standard InChI is InChI=1S/C27H22F2N4O2/c28-18-4-6-20(7-5-18)33-23-9-8-21(13-17(23)15-31-33)32-24(34)14-22(27(10-11-27)26(30)35)25(32)16-2-1-3-19(29)12-16/h1-9,12-13,15,22,25H,10-11,14H2,(H2,30,35). The van der Waals surface area contributed by atoms with Crippen molar-refractivity contribution in [1.82, 2.24) is 9.78 Å². The zero-order chi connectivity index (χ0) is 24.3. The Balaban J connectivity index is 1.44. The average Bonchev–Trinajstić information content (AvgIpc) is 3.44. The van der Waals surface area contributed by atoms with E-state index >= 15 is 0 Å². The van der Waals surface area contributed by atoms with Gasteiger partial charge in [-0.3, -0.25) is 9.59 Å². The predicted octanol–water partition coefficient (Wildman–Crippen LogP) is 4.66. The summed E-state index contributed by atoms with van der Waals surface area (Å²) < 4.78 is 29.3. The molecule has 2 aliphatic rings. The lowest BCUT2D eigenvalue weighted by Crippen LogP contribution is -2.36. The van der Waals surface area contributed by atoms with Gasteiger partial charge in [0.05, 0.1) is 28.9 Å². The van der Waals surface area contributed by atoms with E-state index in [0.717, 1.165) is 10.9 Å². The molecular weight excluding hydrogens is 450 g/mol. The van der Waals surface area contributed by atoms with Crippen LogP contribution in [0.4, 0.5) is 14.5 Å². The number of primary amides is 1. The van der Waals surface area contributed by atoms with Crippen LogP contribution >= 0.6 is 0 Å². The number of halogens is 2. The molecule has 2 heterocycles. The van der Waals surface area contributed by atoms with Crippen molar-refractivity contribution < 1.29 is 18.4 Å². The van der Waals surface area contributed by atoms with Crippen molar-refractivity contribution in [2.45, 2.75) is 25.3 Å². The van der Waals surface area contributed by atoms with Crippen LogP contribution in [0.15, 0.2) is 72.9 Å². The maximum absolute atomic E-state index is 14.2. The van der Waals surface area contributed by atoms with Gasteiger partial charge >= 0.3 is 0 Å². The summed E-state index contributed by atoms with van der Waals surface area (Å²) in [5.74, 6) is -1.62. The van der Waals surface area contributed by atoms with E-state index in [1.165, 1.54) is 24.3 Å². The molecule has 1 saturated carbocycles. The van der Waals surface area contributed by atoms with Gasteiger partial charge in [0.15, 0.2) is 0 Å². The Morgan fingerprint density at radius 2 is 1.71 bits per heavy atom. The fraction of sp³-hybridized carbons (Fsp3) is 0.222. The van der Waals surface area contributed by atoms with E-state index in [9.17, 15) is 18.4 Å². The Morgan fingerprint density at radius 1 is 0.971 bits per heavy atom. The molecule has 2 atom stereocenters. The van der Waals surface area contributed by atoms with Gasteiger partial charge in [0.1, 0.15) is 11.6 Å². The van der Waals surface area contributed by atoms with Crippen LogP contribution in [0.5, 0.6) is 0 Å². The first-order valence-electron chi connectivity index (χ1n) is 11.5. The molecule has 0 spiro atoms. The van der Waals surface area contributed by atoms with Crippen molar-refractivity contribution in [3.05, 3.63) is 90.1 Å². The first-order valence-corrected chi connectivity index (χ1v) is 11.5. The maximum atomic E-state index is 14.2. The normalized spacial score (nSPS) is 21.0. The molecule has 2 unspecified atom stereocenters. The molecule has 2 amide bonds. The summed E-state index contributed by atoms with van der Waals surface area (Å²) in [5, 5.41) is 5.23. The van der Waals surface area contributed by atoms with E-state index in [0.29, 0.717) is 29.8 Å². The number of carbonyl (C=O) groups excluding carboxylic acids is 2. The molecule has 35 heavy (non-hydrogen) atoms. The number of amides is 2. The molecule has 4 aromatic rings. The third kappa shape index (κ3) is 3.39. The Bertz CT molecular complexity index is 1480. The second kappa shape index (κ2) is 7.73. The molecule has 8 heteroatoms. The van der Waals surface area contributed by atoms with E-state index in [-0.39, 0.29) is 24.1 Å². The van der Waals surface area contributed by atoms with Gasteiger partial charge in [-0.2, -0.15) is 5.10 Å². The summed E-state index contributed by atoms with van der Waals surface area (Å²) in [4.78, 5) is 27.4. The van der Waals surface area contributed by atoms with Crippen molar-refractivity contribution >= 4 is 28.4 Å². The number of nitrogens with two attached hydrogens (primary N) is 1. The first-order chi connectivity index (χ1) is 16.9. The molecule has 176 valence electrons. The topological polar surface area (TPSA) is 81.2 Å². The first kappa shape index (κ1) is 21.5. The SMILES string of the molecule is NC(=O)C1(C2CC(=O)N(c3ccc4c(cnn4-c4ccc(F)cc4)c3)C2c2cccc(F)c2)CC1. The molecule has 2 fully saturated rings. The van der Waals surface area contributed by atoms with Gasteiger partial charge in [0.25, 0.3) is 0 Å². The quantitative estimate of drug-likeness (QED) is 0.459. The molecule has 6 rings (SSSR count). The van der Waals surface area contributed by atoms with Gasteiger partial charge in [0, 0.05) is 23.4 Å². The molecule has 1 aliphatic carbocycles. The van der Waals surface area contributed by atoms with E-state index in [2.05, 4.69) is 5.10 Å². The smallest absolute Gasteiger partial charge is 0.227 e. The minimum Gasteiger partial charge on any atom is -0.369 e. The van der Waals surface area contributed by atoms with Crippen molar-refractivity contribution in [1.29, 1.82) is 0 Å². The number of fused-ring (bicyclic) bond motifs is 1. The Labute approximate surface area is 199 Å². The number of hydrogen-bond acceptors (Lipinski definition) is 3. The lowest BCUT2D eigenvalue weighted by atomic mass is 9.79. The summed E-state index contributed by atoms with van der Waals surface area (Å²) in [5.41, 5.74) is 7.80. The van der Waals surface area contributed by atoms with E-state index in [1.54, 1.807) is 40.0 Å². The van der Waals surface area contributed by atoms with Gasteiger partial charge < -0.3 is 10.6 Å². The molecule has 0 radical (unpaired) electrons. The third-order valence-corrected chi connectivity index (χ3v) is 7.40. The lowest BCUT2D eigenvalue weighted by molar-refractivity contribution is -0.125. The largest absolute Gasteiger partial charge is 0.369 e. The maximum Gasteiger partial charge on any atom is 0.227 e. The lowest BCUT2D eigenvalue weighted by Gasteiger charge is -2.32. The van der Waals surface area contributed by atoms with Crippen molar-refractivity contribution in [2.24, 2.45) is 17.1 Å². The van der Waals surface area contributed by atoms with E-state index in [4.69, 9.17) is 5.73 Å². The van der Waals surface area contributed by atoms with Gasteiger partial charge in [-0.05, 0) is 73.0 Å². The van der Waals surface area contributed by atoms with Crippen LogP contribution in [0.3, 0.4) is 0 Å². The minimum atomic E-state index is -0.751. The zero-order valence-corrected chi connectivity index (χ0v) is 18.7. The van der Waals surface area contributed by atoms with Crippen LogP contribution in [-0.2, 0) is 9.59 Å². The average molecular weight is 472 g/mol. The van der Waals surface area contributed by atoms with Crippen LogP contribution < -0.4 is 10.6 Å². The summed E-state index contributed by atoms with van der Waals surface area (Å²) in [6.45, 7) is 0. The number of benzene rings is 3. The number of nitrogens with zero attached hydrogens (tertiary/aromatic N) is 3. The summed E-state index contributed by atoms with van der Waals surface area (Å²) >= 11 is 0. The van der Waals surface area contributed by atoms with Gasteiger partial charge in [-0.1, -0.05) is 12.1 Å². The van der Waals surface area contributed by atoms with Gasteiger partial charge in [0.2, 0.25) is 11.8 Å². The minimum absolute atomic E-state index is 0.137. The van der Waals surface area contributed by atoms with Crippen LogP contribution in [0.25, 0.3) is 16.6 Å². The van der Waals surface area contributed by atoms with Crippen molar-refractivity contribution in [2.75, 3.05) is 4.90 Å². The molecule has 1 aromatic heterocycles. The second-order valence-electron chi connectivity index (χ2n) is 9.37. The summed E-state index contributed by atoms with van der Waals surface area (Å²) in [6, 6.07) is 17.2. The Kier molecular flexibility index (Phi) is 4.74. The Hall–Kier alpha value is -4.07. The highest BCUT2D eigenvalue weighted by atomic mass is 19.1. The number of hydrogen-bond donors (Lipinski definition) is 1. The number of aromatic nitrogens is 2. The molecule has 1 saturated heterocycles. The van der Waals surface area contributed by atoms with Crippen LogP contribution in [-0.4, -0.2) is 21.6 Å². The van der Waals surface area contributed by atoms with E-state index in [1.807, 2.05) is 18.2 Å². The van der Waals surface area contributed by atoms with Crippen LogP contribution in [0.1, 0.15) is 30.9 Å². The van der Waals surface area contributed by atoms with Crippen molar-refractivity contribution in [3.63, 3.8) is 0 Å². The summed E-state index contributed by atoms with van der Waals surface area (Å²) in [7, 11) is 0.